The second-order valence-electron chi connectivity index (χ2n) is 3.64. The summed E-state index contributed by atoms with van der Waals surface area (Å²) in [5.74, 6) is -0.172. The maximum atomic E-state index is 11.8. The van der Waals surface area contributed by atoms with Crippen molar-refractivity contribution < 1.29 is 9.72 Å². The maximum Gasteiger partial charge on any atom is 0.276 e. The van der Waals surface area contributed by atoms with Gasteiger partial charge in [0, 0.05) is 15.9 Å². The molecule has 0 aliphatic carbocycles. The SMILES string of the molecule is O=C(/C=C/c1ccccc1[N+](=O)[O-])c1cc(Br)cs1. The largest absolute Gasteiger partial charge is 0.288 e. The number of thiophene rings is 1. The number of carbonyl (C=O) groups is 1. The average molecular weight is 338 g/mol. The highest BCUT2D eigenvalue weighted by Crippen LogP contribution is 2.22. The summed E-state index contributed by atoms with van der Waals surface area (Å²) in [5.41, 5.74) is 0.399. The van der Waals surface area contributed by atoms with Gasteiger partial charge in [-0.25, -0.2) is 0 Å². The van der Waals surface area contributed by atoms with E-state index >= 15 is 0 Å². The molecule has 6 heteroatoms. The van der Waals surface area contributed by atoms with Crippen LogP contribution in [-0.4, -0.2) is 10.7 Å². The van der Waals surface area contributed by atoms with E-state index in [-0.39, 0.29) is 11.5 Å². The quantitative estimate of drug-likeness (QED) is 0.361. The Kier molecular flexibility index (Phi) is 4.24. The molecule has 0 atom stereocenters. The van der Waals surface area contributed by atoms with Gasteiger partial charge in [-0.2, -0.15) is 0 Å². The summed E-state index contributed by atoms with van der Waals surface area (Å²) in [4.78, 5) is 22.8. The van der Waals surface area contributed by atoms with E-state index in [1.54, 1.807) is 24.3 Å². The normalized spacial score (nSPS) is 10.8. The van der Waals surface area contributed by atoms with Gasteiger partial charge in [0.1, 0.15) is 0 Å². The van der Waals surface area contributed by atoms with Gasteiger partial charge in [-0.05, 0) is 40.2 Å². The molecule has 0 saturated carbocycles. The number of hydrogen-bond donors (Lipinski definition) is 0. The Morgan fingerprint density at radius 2 is 2.11 bits per heavy atom. The molecule has 0 unspecified atom stereocenters. The van der Waals surface area contributed by atoms with Gasteiger partial charge in [0.15, 0.2) is 5.78 Å². The topological polar surface area (TPSA) is 60.2 Å². The van der Waals surface area contributed by atoms with Crippen molar-refractivity contribution in [2.24, 2.45) is 0 Å². The van der Waals surface area contributed by atoms with Crippen LogP contribution in [0, 0.1) is 10.1 Å². The van der Waals surface area contributed by atoms with E-state index < -0.39 is 4.92 Å². The fourth-order valence-electron chi connectivity index (χ4n) is 1.48. The zero-order valence-electron chi connectivity index (χ0n) is 9.58. The van der Waals surface area contributed by atoms with Gasteiger partial charge in [-0.3, -0.25) is 14.9 Å². The Hall–Kier alpha value is -1.79. The summed E-state index contributed by atoms with van der Waals surface area (Å²) in [5, 5.41) is 12.6. The van der Waals surface area contributed by atoms with Gasteiger partial charge < -0.3 is 0 Å². The van der Waals surface area contributed by atoms with Crippen LogP contribution in [-0.2, 0) is 0 Å². The van der Waals surface area contributed by atoms with Crippen LogP contribution in [0.4, 0.5) is 5.69 Å². The highest BCUT2D eigenvalue weighted by Gasteiger charge is 2.10. The summed E-state index contributed by atoms with van der Waals surface area (Å²) in [6, 6.07) is 8.02. The first kappa shape index (κ1) is 13.6. The fourth-order valence-corrected chi connectivity index (χ4v) is 2.83. The number of rotatable bonds is 4. The van der Waals surface area contributed by atoms with Gasteiger partial charge in [0.25, 0.3) is 5.69 Å². The van der Waals surface area contributed by atoms with Crippen molar-refractivity contribution in [3.8, 4) is 0 Å². The Balaban J connectivity index is 2.24. The van der Waals surface area contributed by atoms with Crippen LogP contribution in [0.15, 0.2) is 46.3 Å². The summed E-state index contributed by atoms with van der Waals surface area (Å²) in [6.07, 6.45) is 2.81. The second-order valence-corrected chi connectivity index (χ2v) is 5.47. The number of nitro groups is 1. The first-order chi connectivity index (χ1) is 9.08. The van der Waals surface area contributed by atoms with Crippen molar-refractivity contribution in [2.75, 3.05) is 0 Å². The number of nitro benzene ring substituents is 1. The van der Waals surface area contributed by atoms with E-state index in [4.69, 9.17) is 0 Å². The van der Waals surface area contributed by atoms with Gasteiger partial charge in [-0.15, -0.1) is 11.3 Å². The molecule has 1 aromatic heterocycles. The Morgan fingerprint density at radius 3 is 2.74 bits per heavy atom. The third kappa shape index (κ3) is 3.36. The number of para-hydroxylation sites is 1. The van der Waals surface area contributed by atoms with Crippen molar-refractivity contribution in [3.63, 3.8) is 0 Å². The molecule has 2 rings (SSSR count). The van der Waals surface area contributed by atoms with Crippen LogP contribution in [0.1, 0.15) is 15.2 Å². The van der Waals surface area contributed by atoms with Crippen LogP contribution >= 0.6 is 27.3 Å². The zero-order chi connectivity index (χ0) is 13.8. The van der Waals surface area contributed by atoms with E-state index in [2.05, 4.69) is 15.9 Å². The lowest BCUT2D eigenvalue weighted by atomic mass is 10.1. The van der Waals surface area contributed by atoms with Crippen molar-refractivity contribution >= 4 is 44.8 Å². The van der Waals surface area contributed by atoms with E-state index in [1.807, 2.05) is 5.38 Å². The molecular weight excluding hydrogens is 330 g/mol. The predicted molar refractivity (Wildman–Crippen MR) is 78.5 cm³/mol. The summed E-state index contributed by atoms with van der Waals surface area (Å²) in [6.45, 7) is 0. The minimum absolute atomic E-state index is 0.0149. The molecule has 19 heavy (non-hydrogen) atoms. The number of benzene rings is 1. The lowest BCUT2D eigenvalue weighted by Gasteiger charge is -1.95. The number of hydrogen-bond acceptors (Lipinski definition) is 4. The number of allylic oxidation sites excluding steroid dienone is 1. The molecule has 4 nitrogen and oxygen atoms in total. The zero-order valence-corrected chi connectivity index (χ0v) is 12.0. The van der Waals surface area contributed by atoms with Crippen LogP contribution in [0.5, 0.6) is 0 Å². The van der Waals surface area contributed by atoms with Crippen molar-refractivity contribution in [3.05, 3.63) is 66.8 Å². The number of carbonyl (C=O) groups excluding carboxylic acids is 1. The predicted octanol–water partition coefficient (Wildman–Crippen LogP) is 4.31. The summed E-state index contributed by atoms with van der Waals surface area (Å²) in [7, 11) is 0. The molecule has 1 aromatic carbocycles. The molecule has 0 aliphatic heterocycles. The molecule has 0 radical (unpaired) electrons. The molecule has 0 fully saturated rings. The van der Waals surface area contributed by atoms with Crippen LogP contribution < -0.4 is 0 Å². The van der Waals surface area contributed by atoms with Crippen molar-refractivity contribution in [1.29, 1.82) is 0 Å². The van der Waals surface area contributed by atoms with Gasteiger partial charge in [0.2, 0.25) is 0 Å². The number of halogens is 1. The first-order valence-electron chi connectivity index (χ1n) is 5.28. The molecular formula is C13H8BrNO3S. The summed E-state index contributed by atoms with van der Waals surface area (Å²) >= 11 is 4.59. The molecule has 1 heterocycles. The van der Waals surface area contributed by atoms with Gasteiger partial charge in [-0.1, -0.05) is 12.1 Å². The Labute approximate surface area is 121 Å². The van der Waals surface area contributed by atoms with Crippen LogP contribution in [0.3, 0.4) is 0 Å². The van der Waals surface area contributed by atoms with E-state index in [1.165, 1.54) is 29.6 Å². The minimum Gasteiger partial charge on any atom is -0.288 e. The standard InChI is InChI=1S/C13H8BrNO3S/c14-10-7-13(19-8-10)12(16)6-5-9-3-1-2-4-11(9)15(17)18/h1-8H/b6-5+. The maximum absolute atomic E-state index is 11.8. The van der Waals surface area contributed by atoms with Gasteiger partial charge >= 0.3 is 0 Å². The summed E-state index contributed by atoms with van der Waals surface area (Å²) < 4.78 is 0.847. The average Bonchev–Trinajstić information content (AvgIpc) is 2.83. The highest BCUT2D eigenvalue weighted by atomic mass is 79.9. The smallest absolute Gasteiger partial charge is 0.276 e. The molecule has 0 amide bonds. The molecule has 96 valence electrons. The van der Waals surface area contributed by atoms with E-state index in [0.29, 0.717) is 10.4 Å². The van der Waals surface area contributed by atoms with Crippen molar-refractivity contribution in [1.82, 2.24) is 0 Å². The molecule has 0 aliphatic rings. The Morgan fingerprint density at radius 1 is 1.37 bits per heavy atom. The lowest BCUT2D eigenvalue weighted by Crippen LogP contribution is -1.92. The minimum atomic E-state index is -0.466. The highest BCUT2D eigenvalue weighted by molar-refractivity contribution is 9.10. The molecule has 0 spiro atoms. The molecule has 0 N–H and O–H groups in total. The van der Waals surface area contributed by atoms with Crippen LogP contribution in [0.25, 0.3) is 6.08 Å². The lowest BCUT2D eigenvalue weighted by molar-refractivity contribution is -0.385. The van der Waals surface area contributed by atoms with Gasteiger partial charge in [0.05, 0.1) is 15.4 Å². The molecule has 2 aromatic rings. The fraction of sp³-hybridized carbons (Fsp3) is 0. The van der Waals surface area contributed by atoms with Crippen molar-refractivity contribution in [2.45, 2.75) is 0 Å². The number of ketones is 1. The monoisotopic (exact) mass is 337 g/mol. The third-order valence-electron chi connectivity index (χ3n) is 2.36. The number of nitrogens with zero attached hydrogens (tertiary/aromatic N) is 1. The first-order valence-corrected chi connectivity index (χ1v) is 6.95. The van der Waals surface area contributed by atoms with E-state index in [0.717, 1.165) is 4.47 Å². The third-order valence-corrected chi connectivity index (χ3v) is 4.06. The van der Waals surface area contributed by atoms with E-state index in [9.17, 15) is 14.9 Å². The van der Waals surface area contributed by atoms with Crippen LogP contribution in [0.2, 0.25) is 0 Å². The molecule has 0 bridgehead atoms. The second kappa shape index (κ2) is 5.90. The molecule has 0 saturated heterocycles. The Bertz CT molecular complexity index is 663.